The minimum Gasteiger partial charge on any atom is -0.359 e. The molecule has 0 aliphatic heterocycles. The predicted molar refractivity (Wildman–Crippen MR) is 88.0 cm³/mol. The lowest BCUT2D eigenvalue weighted by molar-refractivity contribution is -0.137. The minimum absolute atomic E-state index is 0.270. The van der Waals surface area contributed by atoms with Crippen molar-refractivity contribution in [1.29, 1.82) is 0 Å². The number of fused-ring (bicyclic) bond motifs is 1. The average Bonchev–Trinajstić information content (AvgIpc) is 3.25. The molecule has 2 aromatic heterocycles. The summed E-state index contributed by atoms with van der Waals surface area (Å²) in [6.07, 6.45) is -1.31. The standard InChI is InChI=1S/C16H13F3N4OS/c17-16(18,19)11-3-1-2-10(8-11)15(5-6-15)9-21-13-22-23-12(24)4-7-20-14(23)25-13/h1-4,7-8H,5-6,9H2,(H,21,22). The molecule has 0 saturated heterocycles. The Balaban J connectivity index is 1.56. The van der Waals surface area contributed by atoms with E-state index in [0.717, 1.165) is 18.9 Å². The molecule has 4 rings (SSSR count). The zero-order chi connectivity index (χ0) is 17.7. The number of anilines is 1. The molecule has 1 saturated carbocycles. The van der Waals surface area contributed by atoms with Gasteiger partial charge in [-0.15, -0.1) is 5.10 Å². The van der Waals surface area contributed by atoms with Gasteiger partial charge >= 0.3 is 6.18 Å². The Morgan fingerprint density at radius 2 is 2.08 bits per heavy atom. The fourth-order valence-corrected chi connectivity index (χ4v) is 3.57. The van der Waals surface area contributed by atoms with Crippen LogP contribution in [0.25, 0.3) is 4.96 Å². The predicted octanol–water partition coefficient (Wildman–Crippen LogP) is 3.31. The van der Waals surface area contributed by atoms with Crippen LogP contribution in [0.2, 0.25) is 0 Å². The number of alkyl halides is 3. The number of nitrogens with zero attached hydrogens (tertiary/aromatic N) is 3. The van der Waals surface area contributed by atoms with Crippen molar-refractivity contribution in [2.45, 2.75) is 24.4 Å². The lowest BCUT2D eigenvalue weighted by atomic mass is 9.94. The molecule has 0 bridgehead atoms. The van der Waals surface area contributed by atoms with E-state index in [9.17, 15) is 18.0 Å². The molecule has 0 radical (unpaired) electrons. The second-order valence-corrected chi connectivity index (χ2v) is 7.05. The highest BCUT2D eigenvalue weighted by Gasteiger charge is 2.45. The van der Waals surface area contributed by atoms with Crippen LogP contribution in [0, 0.1) is 0 Å². The average molecular weight is 366 g/mol. The first-order valence-corrected chi connectivity index (χ1v) is 8.46. The Morgan fingerprint density at radius 1 is 1.28 bits per heavy atom. The lowest BCUT2D eigenvalue weighted by Crippen LogP contribution is -2.21. The van der Waals surface area contributed by atoms with E-state index in [1.165, 1.54) is 40.2 Å². The molecule has 1 N–H and O–H groups in total. The van der Waals surface area contributed by atoms with Crippen LogP contribution in [0.15, 0.2) is 41.3 Å². The quantitative estimate of drug-likeness (QED) is 0.770. The maximum Gasteiger partial charge on any atom is 0.416 e. The van der Waals surface area contributed by atoms with Gasteiger partial charge in [0.05, 0.1) is 5.56 Å². The van der Waals surface area contributed by atoms with Gasteiger partial charge in [0.2, 0.25) is 10.1 Å². The maximum atomic E-state index is 12.9. The topological polar surface area (TPSA) is 59.3 Å². The van der Waals surface area contributed by atoms with Gasteiger partial charge in [0.25, 0.3) is 5.56 Å². The molecule has 1 aromatic carbocycles. The number of benzene rings is 1. The third kappa shape index (κ3) is 2.99. The molecular formula is C16H13F3N4OS. The van der Waals surface area contributed by atoms with Crippen molar-refractivity contribution in [3.8, 4) is 0 Å². The second-order valence-electron chi connectivity index (χ2n) is 6.10. The van der Waals surface area contributed by atoms with E-state index in [4.69, 9.17) is 0 Å². The molecule has 0 unspecified atom stereocenters. The van der Waals surface area contributed by atoms with Gasteiger partial charge in [-0.3, -0.25) is 4.79 Å². The fourth-order valence-electron chi connectivity index (χ4n) is 2.80. The molecule has 25 heavy (non-hydrogen) atoms. The van der Waals surface area contributed by atoms with Gasteiger partial charge in [-0.25, -0.2) is 4.98 Å². The van der Waals surface area contributed by atoms with Gasteiger partial charge < -0.3 is 5.32 Å². The van der Waals surface area contributed by atoms with Crippen LogP contribution >= 0.6 is 11.3 Å². The van der Waals surface area contributed by atoms with Crippen LogP contribution in [0.4, 0.5) is 18.3 Å². The van der Waals surface area contributed by atoms with Crippen molar-refractivity contribution in [2.24, 2.45) is 0 Å². The van der Waals surface area contributed by atoms with Crippen molar-refractivity contribution >= 4 is 21.4 Å². The third-order valence-corrected chi connectivity index (χ3v) is 5.28. The number of rotatable bonds is 4. The second kappa shape index (κ2) is 5.55. The van der Waals surface area contributed by atoms with Crippen molar-refractivity contribution in [3.63, 3.8) is 0 Å². The molecule has 5 nitrogen and oxygen atoms in total. The number of hydrogen-bond acceptors (Lipinski definition) is 5. The zero-order valence-corrected chi connectivity index (χ0v) is 13.7. The molecular weight excluding hydrogens is 353 g/mol. The summed E-state index contributed by atoms with van der Waals surface area (Å²) in [6, 6.07) is 6.80. The van der Waals surface area contributed by atoms with E-state index >= 15 is 0 Å². The molecule has 9 heteroatoms. The van der Waals surface area contributed by atoms with Gasteiger partial charge in [-0.05, 0) is 24.5 Å². The monoisotopic (exact) mass is 366 g/mol. The van der Waals surface area contributed by atoms with Crippen molar-refractivity contribution in [2.75, 3.05) is 11.9 Å². The highest BCUT2D eigenvalue weighted by atomic mass is 32.1. The van der Waals surface area contributed by atoms with E-state index < -0.39 is 11.7 Å². The summed E-state index contributed by atoms with van der Waals surface area (Å²) in [4.78, 5) is 16.2. The van der Waals surface area contributed by atoms with Gasteiger partial charge in [0.15, 0.2) is 0 Å². The van der Waals surface area contributed by atoms with Gasteiger partial charge in [0.1, 0.15) is 0 Å². The van der Waals surface area contributed by atoms with E-state index in [1.807, 2.05) is 0 Å². The normalized spacial score (nSPS) is 16.1. The van der Waals surface area contributed by atoms with E-state index in [2.05, 4.69) is 15.4 Å². The Bertz CT molecular complexity index is 991. The summed E-state index contributed by atoms with van der Waals surface area (Å²) in [7, 11) is 0. The molecule has 130 valence electrons. The number of halogens is 3. The van der Waals surface area contributed by atoms with Crippen LogP contribution in [0.1, 0.15) is 24.0 Å². The summed E-state index contributed by atoms with van der Waals surface area (Å²) >= 11 is 1.23. The van der Waals surface area contributed by atoms with Crippen LogP contribution in [-0.4, -0.2) is 21.1 Å². The minimum atomic E-state index is -4.35. The van der Waals surface area contributed by atoms with Crippen molar-refractivity contribution in [3.05, 3.63) is 58.0 Å². The highest BCUT2D eigenvalue weighted by Crippen LogP contribution is 2.49. The molecule has 1 aliphatic rings. The lowest BCUT2D eigenvalue weighted by Gasteiger charge is -2.17. The number of hydrogen-bond donors (Lipinski definition) is 1. The van der Waals surface area contributed by atoms with Gasteiger partial charge in [-0.1, -0.05) is 29.5 Å². The Hall–Kier alpha value is -2.42. The fraction of sp³-hybridized carbons (Fsp3) is 0.312. The SMILES string of the molecule is O=c1ccnc2sc(NCC3(c4cccc(C(F)(F)F)c4)CC3)nn12. The highest BCUT2D eigenvalue weighted by molar-refractivity contribution is 7.20. The van der Waals surface area contributed by atoms with Crippen molar-refractivity contribution in [1.82, 2.24) is 14.6 Å². The van der Waals surface area contributed by atoms with Crippen LogP contribution < -0.4 is 10.9 Å². The first-order chi connectivity index (χ1) is 11.9. The molecule has 1 fully saturated rings. The van der Waals surface area contributed by atoms with Crippen LogP contribution in [-0.2, 0) is 11.6 Å². The first kappa shape index (κ1) is 16.1. The Labute approximate surface area is 144 Å². The van der Waals surface area contributed by atoms with Crippen molar-refractivity contribution < 1.29 is 13.2 Å². The molecule has 2 heterocycles. The Kier molecular flexibility index (Phi) is 3.57. The summed E-state index contributed by atoms with van der Waals surface area (Å²) < 4.78 is 40.0. The molecule has 1 aliphatic carbocycles. The third-order valence-electron chi connectivity index (χ3n) is 4.40. The van der Waals surface area contributed by atoms with Gasteiger partial charge in [0, 0.05) is 24.2 Å². The van der Waals surface area contributed by atoms with E-state index in [0.29, 0.717) is 22.2 Å². The summed E-state index contributed by atoms with van der Waals surface area (Å²) in [6.45, 7) is 0.461. The first-order valence-electron chi connectivity index (χ1n) is 7.64. The largest absolute Gasteiger partial charge is 0.416 e. The summed E-state index contributed by atoms with van der Waals surface area (Å²) in [5, 5.41) is 7.83. The summed E-state index contributed by atoms with van der Waals surface area (Å²) in [5.41, 5.74) is -0.552. The zero-order valence-electron chi connectivity index (χ0n) is 12.9. The maximum absolute atomic E-state index is 12.9. The number of aromatic nitrogens is 3. The van der Waals surface area contributed by atoms with E-state index in [-0.39, 0.29) is 11.0 Å². The summed E-state index contributed by atoms with van der Waals surface area (Å²) in [5.74, 6) is 0. The van der Waals surface area contributed by atoms with Crippen LogP contribution in [0.5, 0.6) is 0 Å². The molecule has 0 spiro atoms. The molecule has 3 aromatic rings. The molecule has 0 amide bonds. The van der Waals surface area contributed by atoms with Gasteiger partial charge in [-0.2, -0.15) is 17.7 Å². The van der Waals surface area contributed by atoms with Crippen LogP contribution in [0.3, 0.4) is 0 Å². The van der Waals surface area contributed by atoms with E-state index in [1.54, 1.807) is 6.07 Å². The molecule has 0 atom stereocenters. The Morgan fingerprint density at radius 3 is 2.76 bits per heavy atom. The number of nitrogens with one attached hydrogen (secondary N) is 1. The smallest absolute Gasteiger partial charge is 0.359 e.